The molecular weight excluding hydrogens is 268 g/mol. The molecule has 1 heterocycles. The van der Waals surface area contributed by atoms with Crippen molar-refractivity contribution in [1.29, 1.82) is 0 Å². The van der Waals surface area contributed by atoms with Crippen molar-refractivity contribution in [3.05, 3.63) is 34.7 Å². The summed E-state index contributed by atoms with van der Waals surface area (Å²) in [5, 5.41) is 3.01. The molecule has 0 radical (unpaired) electrons. The van der Waals surface area contributed by atoms with Crippen molar-refractivity contribution in [1.82, 2.24) is 19.4 Å². The lowest BCUT2D eigenvalue weighted by molar-refractivity contribution is -0.130. The number of imidazole rings is 1. The second kappa shape index (κ2) is 6.58. The van der Waals surface area contributed by atoms with Crippen LogP contribution < -0.4 is 11.0 Å². The number of carbonyl (C=O) groups excluding carboxylic acids is 1. The Bertz CT molecular complexity index is 687. The third-order valence-corrected chi connectivity index (χ3v) is 3.72. The van der Waals surface area contributed by atoms with Gasteiger partial charge in [0.25, 0.3) is 0 Å². The molecule has 0 saturated carbocycles. The van der Waals surface area contributed by atoms with E-state index in [-0.39, 0.29) is 11.6 Å². The molecule has 0 atom stereocenters. The van der Waals surface area contributed by atoms with Crippen LogP contribution in [-0.2, 0) is 18.4 Å². The molecule has 6 nitrogen and oxygen atoms in total. The fourth-order valence-electron chi connectivity index (χ4n) is 2.38. The average Bonchev–Trinajstić information content (AvgIpc) is 2.74. The molecule has 1 N–H and O–H groups in total. The van der Waals surface area contributed by atoms with Crippen molar-refractivity contribution in [3.8, 4) is 0 Å². The highest BCUT2D eigenvalue weighted by Crippen LogP contribution is 2.11. The molecule has 1 aromatic carbocycles. The molecule has 6 heteroatoms. The predicted molar refractivity (Wildman–Crippen MR) is 83.4 cm³/mol. The smallest absolute Gasteiger partial charge is 0.328 e. The Morgan fingerprint density at radius 2 is 1.95 bits per heavy atom. The van der Waals surface area contributed by atoms with E-state index in [1.54, 1.807) is 28.1 Å². The molecule has 2 aromatic rings. The number of nitrogens with one attached hydrogen (secondary N) is 1. The Kier molecular flexibility index (Phi) is 4.80. The molecule has 0 spiro atoms. The maximum Gasteiger partial charge on any atom is 0.328 e. The van der Waals surface area contributed by atoms with Crippen LogP contribution in [0.4, 0.5) is 0 Å². The first kappa shape index (κ1) is 15.3. The predicted octanol–water partition coefficient (Wildman–Crippen LogP) is 0.408. The van der Waals surface area contributed by atoms with Gasteiger partial charge in [-0.1, -0.05) is 12.1 Å². The van der Waals surface area contributed by atoms with Gasteiger partial charge in [-0.2, -0.15) is 0 Å². The number of hydrogen-bond donors (Lipinski definition) is 1. The molecule has 0 bridgehead atoms. The zero-order valence-electron chi connectivity index (χ0n) is 12.8. The van der Waals surface area contributed by atoms with E-state index in [4.69, 9.17) is 0 Å². The van der Waals surface area contributed by atoms with Gasteiger partial charge in [-0.15, -0.1) is 0 Å². The third kappa shape index (κ3) is 3.16. The summed E-state index contributed by atoms with van der Waals surface area (Å²) in [6.07, 6.45) is 0.328. The average molecular weight is 290 g/mol. The number of likely N-dealkylation sites (N-methyl/N-ethyl adjacent to an activating group) is 2. The molecule has 1 amide bonds. The van der Waals surface area contributed by atoms with Crippen LogP contribution >= 0.6 is 0 Å². The fraction of sp³-hybridized carbons (Fsp3) is 0.467. The lowest BCUT2D eigenvalue weighted by atomic mass is 10.3. The molecule has 0 saturated heterocycles. The van der Waals surface area contributed by atoms with Gasteiger partial charge in [0.1, 0.15) is 0 Å². The van der Waals surface area contributed by atoms with E-state index in [9.17, 15) is 9.59 Å². The van der Waals surface area contributed by atoms with Gasteiger partial charge in [0, 0.05) is 40.2 Å². The van der Waals surface area contributed by atoms with Crippen LogP contribution in [0.2, 0.25) is 0 Å². The molecular formula is C15H22N4O2. The summed E-state index contributed by atoms with van der Waals surface area (Å²) < 4.78 is 3.28. The number of hydrogen-bond acceptors (Lipinski definition) is 3. The van der Waals surface area contributed by atoms with Gasteiger partial charge in [0.05, 0.1) is 11.0 Å². The largest absolute Gasteiger partial charge is 0.344 e. The summed E-state index contributed by atoms with van der Waals surface area (Å²) >= 11 is 0. The maximum atomic E-state index is 12.2. The van der Waals surface area contributed by atoms with Gasteiger partial charge < -0.3 is 10.2 Å². The zero-order valence-corrected chi connectivity index (χ0v) is 12.8. The third-order valence-electron chi connectivity index (χ3n) is 3.72. The summed E-state index contributed by atoms with van der Waals surface area (Å²) in [7, 11) is 5.39. The fourth-order valence-corrected chi connectivity index (χ4v) is 2.38. The summed E-state index contributed by atoms with van der Waals surface area (Å²) in [4.78, 5) is 26.0. The molecule has 1 aromatic heterocycles. The summed E-state index contributed by atoms with van der Waals surface area (Å²) in [5.74, 6) is 0.0464. The van der Waals surface area contributed by atoms with Gasteiger partial charge in [-0.05, 0) is 19.2 Å². The van der Waals surface area contributed by atoms with Crippen LogP contribution in [0.15, 0.2) is 29.1 Å². The van der Waals surface area contributed by atoms with E-state index in [1.807, 2.05) is 31.3 Å². The van der Waals surface area contributed by atoms with Crippen LogP contribution in [0.25, 0.3) is 11.0 Å². The Morgan fingerprint density at radius 1 is 1.29 bits per heavy atom. The summed E-state index contributed by atoms with van der Waals surface area (Å²) in [5.41, 5.74) is 1.68. The molecule has 0 aliphatic carbocycles. The van der Waals surface area contributed by atoms with Gasteiger partial charge in [0.15, 0.2) is 0 Å². The Morgan fingerprint density at radius 3 is 2.62 bits per heavy atom. The minimum Gasteiger partial charge on any atom is -0.344 e. The van der Waals surface area contributed by atoms with Crippen LogP contribution in [0.1, 0.15) is 6.42 Å². The van der Waals surface area contributed by atoms with Crippen molar-refractivity contribution >= 4 is 16.9 Å². The van der Waals surface area contributed by atoms with E-state index >= 15 is 0 Å². The van der Waals surface area contributed by atoms with Gasteiger partial charge in [-0.25, -0.2) is 4.79 Å². The molecule has 21 heavy (non-hydrogen) atoms. The molecule has 114 valence electrons. The van der Waals surface area contributed by atoms with Crippen molar-refractivity contribution in [2.75, 3.05) is 27.2 Å². The van der Waals surface area contributed by atoms with Gasteiger partial charge in [0.2, 0.25) is 5.91 Å². The normalized spacial score (nSPS) is 11.0. The number of fused-ring (bicyclic) bond motifs is 1. The second-order valence-electron chi connectivity index (χ2n) is 5.15. The first-order valence-electron chi connectivity index (χ1n) is 7.09. The number of rotatable bonds is 6. The number of para-hydroxylation sites is 2. The minimum absolute atomic E-state index is 0.0464. The molecule has 0 unspecified atom stereocenters. The topological polar surface area (TPSA) is 59.3 Å². The van der Waals surface area contributed by atoms with Crippen molar-refractivity contribution in [2.24, 2.45) is 7.05 Å². The zero-order chi connectivity index (χ0) is 15.4. The first-order chi connectivity index (χ1) is 10.1. The molecule has 2 rings (SSSR count). The molecule has 0 aliphatic heterocycles. The van der Waals surface area contributed by atoms with E-state index < -0.39 is 0 Å². The first-order valence-corrected chi connectivity index (χ1v) is 7.09. The Labute approximate surface area is 124 Å². The molecule has 0 fully saturated rings. The van der Waals surface area contributed by atoms with Crippen LogP contribution in [0.3, 0.4) is 0 Å². The van der Waals surface area contributed by atoms with E-state index in [0.29, 0.717) is 19.5 Å². The number of carbonyl (C=O) groups is 1. The van der Waals surface area contributed by atoms with Crippen LogP contribution in [-0.4, -0.2) is 47.1 Å². The number of amides is 1. The van der Waals surface area contributed by atoms with E-state index in [2.05, 4.69) is 5.32 Å². The standard InChI is InChI=1S/C15H22N4O2/c1-16-9-11-17(2)14(20)8-10-19-13-7-5-4-6-12(13)18(3)15(19)21/h4-7,16H,8-11H2,1-3H3. The van der Waals surface area contributed by atoms with Crippen LogP contribution in [0, 0.1) is 0 Å². The highest BCUT2D eigenvalue weighted by molar-refractivity contribution is 5.77. The van der Waals surface area contributed by atoms with Gasteiger partial charge in [-0.3, -0.25) is 13.9 Å². The second-order valence-corrected chi connectivity index (χ2v) is 5.15. The Balaban J connectivity index is 2.12. The summed E-state index contributed by atoms with van der Waals surface area (Å²) in [6, 6.07) is 7.63. The summed E-state index contributed by atoms with van der Waals surface area (Å²) in [6.45, 7) is 1.83. The minimum atomic E-state index is -0.0816. The van der Waals surface area contributed by atoms with E-state index in [0.717, 1.165) is 17.6 Å². The highest BCUT2D eigenvalue weighted by Gasteiger charge is 2.13. The van der Waals surface area contributed by atoms with Crippen molar-refractivity contribution < 1.29 is 4.79 Å². The maximum absolute atomic E-state index is 12.2. The van der Waals surface area contributed by atoms with Crippen molar-refractivity contribution in [2.45, 2.75) is 13.0 Å². The number of nitrogens with zero attached hydrogens (tertiary/aromatic N) is 3. The SMILES string of the molecule is CNCCN(C)C(=O)CCn1c(=O)n(C)c2ccccc21. The number of aryl methyl sites for hydroxylation is 2. The highest BCUT2D eigenvalue weighted by atomic mass is 16.2. The monoisotopic (exact) mass is 290 g/mol. The lowest BCUT2D eigenvalue weighted by Gasteiger charge is -2.16. The Hall–Kier alpha value is -2.08. The number of aromatic nitrogens is 2. The molecule has 0 aliphatic rings. The van der Waals surface area contributed by atoms with Crippen LogP contribution in [0.5, 0.6) is 0 Å². The van der Waals surface area contributed by atoms with Gasteiger partial charge >= 0.3 is 5.69 Å². The number of benzene rings is 1. The quantitative estimate of drug-likeness (QED) is 0.838. The van der Waals surface area contributed by atoms with E-state index in [1.165, 1.54) is 0 Å². The lowest BCUT2D eigenvalue weighted by Crippen LogP contribution is -2.34. The van der Waals surface area contributed by atoms with Crippen molar-refractivity contribution in [3.63, 3.8) is 0 Å².